The van der Waals surface area contributed by atoms with E-state index in [9.17, 15) is 19.2 Å². The summed E-state index contributed by atoms with van der Waals surface area (Å²) in [5.74, 6) is -1.50. The van der Waals surface area contributed by atoms with Gasteiger partial charge in [-0.2, -0.15) is 0 Å². The van der Waals surface area contributed by atoms with Gasteiger partial charge in [0.2, 0.25) is 0 Å². The Hall–Kier alpha value is -2.98. The lowest BCUT2D eigenvalue weighted by Gasteiger charge is -2.25. The van der Waals surface area contributed by atoms with Crippen molar-refractivity contribution < 1.29 is 28.7 Å². The summed E-state index contributed by atoms with van der Waals surface area (Å²) < 4.78 is 11.0. The van der Waals surface area contributed by atoms with Crippen LogP contribution in [0.4, 0.5) is 0 Å². The maximum Gasteiger partial charge on any atom is 0.329 e. The first-order chi connectivity index (χ1) is 20.6. The average Bonchev–Trinajstić information content (AvgIpc) is 2.92. The fourth-order valence-electron chi connectivity index (χ4n) is 4.13. The van der Waals surface area contributed by atoms with Gasteiger partial charge in [0.15, 0.2) is 0 Å². The summed E-state index contributed by atoms with van der Waals surface area (Å²) in [6.07, 6.45) is 3.69. The average molecular weight is 645 g/mol. The summed E-state index contributed by atoms with van der Waals surface area (Å²) in [6, 6.07) is 13.6. The molecular formula is C34H48N2O6S2. The largest absolute Gasteiger partial charge is 0.460 e. The minimum Gasteiger partial charge on any atom is -0.460 e. The molecule has 2 rings (SSSR count). The minimum absolute atomic E-state index is 0.0691. The quantitative estimate of drug-likeness (QED) is 0.150. The highest BCUT2D eigenvalue weighted by atomic mass is 33.1. The molecule has 0 saturated carbocycles. The van der Waals surface area contributed by atoms with Crippen LogP contribution in [-0.2, 0) is 19.1 Å². The van der Waals surface area contributed by atoms with Gasteiger partial charge in [-0.3, -0.25) is 14.4 Å². The van der Waals surface area contributed by atoms with Crippen molar-refractivity contribution in [1.82, 2.24) is 10.6 Å². The Bertz CT molecular complexity index is 1270. The number of ether oxygens (including phenoxy) is 2. The van der Waals surface area contributed by atoms with Gasteiger partial charge in [-0.15, -0.1) is 0 Å². The first kappa shape index (κ1) is 37.2. The molecule has 2 amide bonds. The molecule has 10 heteroatoms. The molecule has 0 aromatic heterocycles. The van der Waals surface area contributed by atoms with Crippen molar-refractivity contribution in [3.05, 3.63) is 59.7 Å². The minimum atomic E-state index is -0.950. The highest BCUT2D eigenvalue weighted by Crippen LogP contribution is 2.40. The topological polar surface area (TPSA) is 111 Å². The molecule has 2 unspecified atom stereocenters. The third-order valence-corrected chi connectivity index (χ3v) is 8.62. The molecule has 2 atom stereocenters. The molecule has 8 nitrogen and oxygen atoms in total. The third-order valence-electron chi connectivity index (χ3n) is 6.14. The standard InChI is InChI=1S/C34H48N2O6S2/c1-9-10-16-23(2)35-30(38)24-17-11-13-20-27(24)43-44-28-21-14-12-18-25(28)31(39)36-26(32(40)42-34(6,7)8)19-15-22-29(37)41-33(3,4)5/h11-14,17-18,20-21,23,26H,9-10,15-16,19,22H2,1-8H3,(H,35,38)(H,36,39). The van der Waals surface area contributed by atoms with Crippen molar-refractivity contribution in [3.63, 3.8) is 0 Å². The second kappa shape index (κ2) is 17.5. The molecule has 2 aromatic rings. The summed E-state index contributed by atoms with van der Waals surface area (Å²) in [5, 5.41) is 5.92. The zero-order chi connectivity index (χ0) is 32.9. The van der Waals surface area contributed by atoms with Crippen LogP contribution in [0.3, 0.4) is 0 Å². The number of nitrogens with one attached hydrogen (secondary N) is 2. The first-order valence-corrected chi connectivity index (χ1v) is 17.3. The predicted octanol–water partition coefficient (Wildman–Crippen LogP) is 7.75. The lowest BCUT2D eigenvalue weighted by Crippen LogP contribution is -2.44. The number of amides is 2. The smallest absolute Gasteiger partial charge is 0.329 e. The van der Waals surface area contributed by atoms with Gasteiger partial charge >= 0.3 is 11.9 Å². The second-order valence-electron chi connectivity index (χ2n) is 12.7. The van der Waals surface area contributed by atoms with E-state index < -0.39 is 29.1 Å². The van der Waals surface area contributed by atoms with Crippen molar-refractivity contribution >= 4 is 45.3 Å². The van der Waals surface area contributed by atoms with Gasteiger partial charge in [0.25, 0.3) is 11.8 Å². The first-order valence-electron chi connectivity index (χ1n) is 15.2. The van der Waals surface area contributed by atoms with Crippen LogP contribution in [0.25, 0.3) is 0 Å². The van der Waals surface area contributed by atoms with Crippen LogP contribution in [0.15, 0.2) is 58.3 Å². The van der Waals surface area contributed by atoms with E-state index in [-0.39, 0.29) is 30.8 Å². The van der Waals surface area contributed by atoms with Crippen molar-refractivity contribution in [2.24, 2.45) is 0 Å². The molecule has 0 saturated heterocycles. The van der Waals surface area contributed by atoms with Gasteiger partial charge in [-0.1, -0.05) is 65.6 Å². The van der Waals surface area contributed by atoms with Crippen LogP contribution in [0.1, 0.15) is 115 Å². The zero-order valence-electron chi connectivity index (χ0n) is 27.3. The molecule has 242 valence electrons. The lowest BCUT2D eigenvalue weighted by molar-refractivity contribution is -0.159. The Morgan fingerprint density at radius 1 is 0.727 bits per heavy atom. The molecule has 2 N–H and O–H groups in total. The van der Waals surface area contributed by atoms with Gasteiger partial charge in [-0.05, 0) is 92.0 Å². The summed E-state index contributed by atoms with van der Waals surface area (Å²) in [7, 11) is 2.76. The summed E-state index contributed by atoms with van der Waals surface area (Å²) in [4.78, 5) is 53.3. The van der Waals surface area contributed by atoms with Crippen LogP contribution >= 0.6 is 21.6 Å². The Kier molecular flexibility index (Phi) is 14.8. The van der Waals surface area contributed by atoms with Crippen molar-refractivity contribution in [2.45, 2.75) is 127 Å². The summed E-state index contributed by atoms with van der Waals surface area (Å²) >= 11 is 0. The molecule has 0 aliphatic rings. The third kappa shape index (κ3) is 13.8. The molecule has 44 heavy (non-hydrogen) atoms. The zero-order valence-corrected chi connectivity index (χ0v) is 28.9. The van der Waals surface area contributed by atoms with E-state index in [0.717, 1.165) is 24.2 Å². The van der Waals surface area contributed by atoms with E-state index in [2.05, 4.69) is 17.6 Å². The van der Waals surface area contributed by atoms with Gasteiger partial charge in [0.1, 0.15) is 17.2 Å². The SMILES string of the molecule is CCCCC(C)NC(=O)c1ccccc1SSc1ccccc1C(=O)NC(CCCC(=O)OC(C)(C)C)C(=O)OC(C)(C)C. The van der Waals surface area contributed by atoms with E-state index in [1.165, 1.54) is 21.6 Å². The maximum atomic E-state index is 13.5. The van der Waals surface area contributed by atoms with Crippen molar-refractivity contribution in [3.8, 4) is 0 Å². The number of esters is 2. The number of benzene rings is 2. The van der Waals surface area contributed by atoms with E-state index in [1.54, 1.807) is 59.7 Å². The maximum absolute atomic E-state index is 13.5. The number of hydrogen-bond donors (Lipinski definition) is 2. The predicted molar refractivity (Wildman–Crippen MR) is 178 cm³/mol. The summed E-state index contributed by atoms with van der Waals surface area (Å²) in [6.45, 7) is 14.8. The van der Waals surface area contributed by atoms with Crippen LogP contribution in [-0.4, -0.2) is 47.0 Å². The van der Waals surface area contributed by atoms with Gasteiger partial charge < -0.3 is 20.1 Å². The number of rotatable bonds is 15. The summed E-state index contributed by atoms with van der Waals surface area (Å²) in [5.41, 5.74) is -0.387. The van der Waals surface area contributed by atoms with E-state index in [1.807, 2.05) is 37.3 Å². The molecular weight excluding hydrogens is 597 g/mol. The Morgan fingerprint density at radius 3 is 1.73 bits per heavy atom. The van der Waals surface area contributed by atoms with Crippen molar-refractivity contribution in [1.29, 1.82) is 0 Å². The molecule has 0 heterocycles. The Balaban J connectivity index is 2.16. The van der Waals surface area contributed by atoms with Crippen molar-refractivity contribution in [2.75, 3.05) is 0 Å². The fraction of sp³-hybridized carbons (Fsp3) is 0.529. The fourth-order valence-corrected chi connectivity index (χ4v) is 6.49. The molecule has 0 aliphatic carbocycles. The van der Waals surface area contributed by atoms with Crippen LogP contribution in [0, 0.1) is 0 Å². The van der Waals surface area contributed by atoms with E-state index in [4.69, 9.17) is 9.47 Å². The second-order valence-corrected chi connectivity index (χ2v) is 14.9. The normalized spacial score (nSPS) is 13.0. The van der Waals surface area contributed by atoms with Gasteiger partial charge in [0.05, 0.1) is 11.1 Å². The highest BCUT2D eigenvalue weighted by molar-refractivity contribution is 8.76. The number of unbranched alkanes of at least 4 members (excludes halogenated alkanes) is 1. The molecule has 0 fully saturated rings. The Labute approximate surface area is 270 Å². The van der Waals surface area contributed by atoms with E-state index >= 15 is 0 Å². The van der Waals surface area contributed by atoms with Crippen LogP contribution < -0.4 is 10.6 Å². The van der Waals surface area contributed by atoms with Gasteiger partial charge in [-0.25, -0.2) is 4.79 Å². The molecule has 0 bridgehead atoms. The number of hydrogen-bond acceptors (Lipinski definition) is 8. The molecule has 0 spiro atoms. The molecule has 2 aromatic carbocycles. The molecule has 0 radical (unpaired) electrons. The van der Waals surface area contributed by atoms with Crippen LogP contribution in [0.2, 0.25) is 0 Å². The monoisotopic (exact) mass is 644 g/mol. The van der Waals surface area contributed by atoms with Gasteiger partial charge in [0, 0.05) is 22.3 Å². The highest BCUT2D eigenvalue weighted by Gasteiger charge is 2.28. The van der Waals surface area contributed by atoms with E-state index in [0.29, 0.717) is 22.4 Å². The molecule has 0 aliphatic heterocycles. The Morgan fingerprint density at radius 2 is 1.23 bits per heavy atom. The number of carbonyl (C=O) groups is 4. The number of carbonyl (C=O) groups excluding carboxylic acids is 4. The van der Waals surface area contributed by atoms with Crippen LogP contribution in [0.5, 0.6) is 0 Å². The lowest BCUT2D eigenvalue weighted by atomic mass is 10.1.